The minimum atomic E-state index is -0.864. The van der Waals surface area contributed by atoms with Crippen LogP contribution in [0, 0.1) is 0 Å². The summed E-state index contributed by atoms with van der Waals surface area (Å²) in [5.41, 5.74) is 1.15. The lowest BCUT2D eigenvalue weighted by Gasteiger charge is -2.12. The minimum Gasteiger partial charge on any atom is -0.481 e. The molecule has 7 heteroatoms. The summed E-state index contributed by atoms with van der Waals surface area (Å²) in [6.45, 7) is 1.79. The van der Waals surface area contributed by atoms with Gasteiger partial charge in [0.25, 0.3) is 5.91 Å². The summed E-state index contributed by atoms with van der Waals surface area (Å²) < 4.78 is 1.60. The summed E-state index contributed by atoms with van der Waals surface area (Å²) in [6, 6.07) is 3.62. The number of carbonyl (C=O) groups excluding carboxylic acids is 1. The van der Waals surface area contributed by atoms with Gasteiger partial charge in [0, 0.05) is 25.7 Å². The number of carboxylic acid groups (broad SMARTS) is 1. The molecular weight excluding hydrogens is 290 g/mol. The van der Waals surface area contributed by atoms with E-state index in [0.29, 0.717) is 17.7 Å². The topological polar surface area (TPSA) is 84.2 Å². The molecule has 2 heterocycles. The van der Waals surface area contributed by atoms with Crippen molar-refractivity contribution in [3.8, 4) is 10.6 Å². The van der Waals surface area contributed by atoms with Gasteiger partial charge in [-0.05, 0) is 24.8 Å². The normalized spacial score (nSPS) is 12.1. The van der Waals surface area contributed by atoms with Gasteiger partial charge in [-0.1, -0.05) is 6.07 Å². The van der Waals surface area contributed by atoms with E-state index in [1.54, 1.807) is 24.9 Å². The second-order valence-electron chi connectivity index (χ2n) is 4.85. The Morgan fingerprint density at radius 3 is 2.90 bits per heavy atom. The number of rotatable bonds is 6. The van der Waals surface area contributed by atoms with Crippen molar-refractivity contribution in [2.24, 2.45) is 7.05 Å². The fraction of sp³-hybridized carbons (Fsp3) is 0.357. The minimum absolute atomic E-state index is 0.0340. The Balaban J connectivity index is 2.11. The zero-order valence-corrected chi connectivity index (χ0v) is 12.7. The maximum absolute atomic E-state index is 12.3. The molecule has 1 amide bonds. The number of nitrogens with one attached hydrogen (secondary N) is 1. The summed E-state index contributed by atoms with van der Waals surface area (Å²) in [7, 11) is 1.77. The second kappa shape index (κ2) is 6.53. The summed E-state index contributed by atoms with van der Waals surface area (Å²) in [5.74, 6) is -1.10. The van der Waals surface area contributed by atoms with Gasteiger partial charge in [0.15, 0.2) is 0 Å². The van der Waals surface area contributed by atoms with Crippen LogP contribution in [0.4, 0.5) is 0 Å². The van der Waals surface area contributed by atoms with E-state index < -0.39 is 5.97 Å². The average Bonchev–Trinajstić information content (AvgIpc) is 3.04. The molecule has 6 nitrogen and oxygen atoms in total. The number of aromatic nitrogens is 2. The first-order valence-corrected chi connectivity index (χ1v) is 7.45. The third-order valence-electron chi connectivity index (χ3n) is 3.00. The molecule has 2 N–H and O–H groups in total. The number of aliphatic carboxylic acids is 1. The molecule has 0 spiro atoms. The monoisotopic (exact) mass is 307 g/mol. The lowest BCUT2D eigenvalue weighted by molar-refractivity contribution is -0.137. The second-order valence-corrected chi connectivity index (χ2v) is 5.80. The van der Waals surface area contributed by atoms with Crippen molar-refractivity contribution in [1.82, 2.24) is 15.1 Å². The maximum atomic E-state index is 12.3. The molecule has 2 aromatic heterocycles. The molecule has 0 fully saturated rings. The van der Waals surface area contributed by atoms with E-state index in [4.69, 9.17) is 5.11 Å². The van der Waals surface area contributed by atoms with E-state index in [0.717, 1.165) is 4.88 Å². The Morgan fingerprint density at radius 2 is 2.29 bits per heavy atom. The van der Waals surface area contributed by atoms with E-state index in [1.165, 1.54) is 11.3 Å². The molecular formula is C14H17N3O3S. The Bertz CT molecular complexity index is 634. The first-order chi connectivity index (χ1) is 9.97. The van der Waals surface area contributed by atoms with Gasteiger partial charge < -0.3 is 10.4 Å². The van der Waals surface area contributed by atoms with Gasteiger partial charge in [-0.3, -0.25) is 14.3 Å². The van der Waals surface area contributed by atoms with Crippen LogP contribution in [0.1, 0.15) is 30.1 Å². The molecule has 1 unspecified atom stereocenters. The van der Waals surface area contributed by atoms with Crippen LogP contribution < -0.4 is 5.32 Å². The molecule has 0 saturated carbocycles. The Morgan fingerprint density at radius 1 is 1.52 bits per heavy atom. The fourth-order valence-corrected chi connectivity index (χ4v) is 2.69. The zero-order valence-electron chi connectivity index (χ0n) is 11.9. The largest absolute Gasteiger partial charge is 0.481 e. The molecule has 0 aliphatic rings. The highest BCUT2D eigenvalue weighted by Crippen LogP contribution is 2.26. The van der Waals surface area contributed by atoms with Gasteiger partial charge in [-0.25, -0.2) is 0 Å². The number of thiophene rings is 1. The predicted octanol–water partition coefficient (Wildman–Crippen LogP) is 2.13. The van der Waals surface area contributed by atoms with Crippen molar-refractivity contribution in [3.63, 3.8) is 0 Å². The van der Waals surface area contributed by atoms with Crippen LogP contribution in [0.2, 0.25) is 0 Å². The molecule has 0 radical (unpaired) electrons. The molecule has 2 rings (SSSR count). The zero-order chi connectivity index (χ0) is 15.4. The lowest BCUT2D eigenvalue weighted by Crippen LogP contribution is -2.33. The molecule has 112 valence electrons. The first-order valence-electron chi connectivity index (χ1n) is 6.57. The highest BCUT2D eigenvalue weighted by Gasteiger charge is 2.19. The predicted molar refractivity (Wildman–Crippen MR) is 80.3 cm³/mol. The molecule has 0 aromatic carbocycles. The van der Waals surface area contributed by atoms with E-state index in [1.807, 2.05) is 17.5 Å². The van der Waals surface area contributed by atoms with Gasteiger partial charge >= 0.3 is 5.97 Å². The number of hydrogen-bond acceptors (Lipinski definition) is 4. The average molecular weight is 307 g/mol. The summed E-state index contributed by atoms with van der Waals surface area (Å²) in [5, 5.41) is 17.7. The van der Waals surface area contributed by atoms with Gasteiger partial charge in [-0.15, -0.1) is 11.3 Å². The van der Waals surface area contributed by atoms with Crippen LogP contribution in [-0.2, 0) is 11.8 Å². The number of carboxylic acids is 1. The number of hydrogen-bond donors (Lipinski definition) is 2. The quantitative estimate of drug-likeness (QED) is 0.856. The highest BCUT2D eigenvalue weighted by molar-refractivity contribution is 7.13. The third kappa shape index (κ3) is 3.91. The molecule has 1 atom stereocenters. The summed E-state index contributed by atoms with van der Waals surface area (Å²) in [6.07, 6.45) is 2.11. The highest BCUT2D eigenvalue weighted by atomic mass is 32.1. The Kier molecular flexibility index (Phi) is 4.74. The summed E-state index contributed by atoms with van der Waals surface area (Å²) in [4.78, 5) is 23.8. The number of carbonyl (C=O) groups is 2. The van der Waals surface area contributed by atoms with Gasteiger partial charge in [0.05, 0.1) is 10.4 Å². The number of amides is 1. The van der Waals surface area contributed by atoms with Crippen molar-refractivity contribution in [2.75, 3.05) is 0 Å². The van der Waals surface area contributed by atoms with E-state index in [2.05, 4.69) is 10.4 Å². The van der Waals surface area contributed by atoms with Crippen molar-refractivity contribution >= 4 is 23.2 Å². The smallest absolute Gasteiger partial charge is 0.303 e. The van der Waals surface area contributed by atoms with Crippen LogP contribution in [0.3, 0.4) is 0 Å². The van der Waals surface area contributed by atoms with Gasteiger partial charge in [0.1, 0.15) is 5.69 Å². The van der Waals surface area contributed by atoms with Crippen LogP contribution in [0.25, 0.3) is 10.6 Å². The number of aryl methyl sites for hydroxylation is 1. The van der Waals surface area contributed by atoms with Crippen LogP contribution in [-0.4, -0.2) is 32.8 Å². The molecule has 0 saturated heterocycles. The maximum Gasteiger partial charge on any atom is 0.303 e. The molecule has 0 bridgehead atoms. The molecule has 2 aromatic rings. The van der Waals surface area contributed by atoms with Crippen molar-refractivity contribution in [1.29, 1.82) is 0 Å². The van der Waals surface area contributed by atoms with Gasteiger partial charge in [0.2, 0.25) is 0 Å². The van der Waals surface area contributed by atoms with Crippen molar-refractivity contribution in [3.05, 3.63) is 29.3 Å². The van der Waals surface area contributed by atoms with Gasteiger partial charge in [-0.2, -0.15) is 5.10 Å². The van der Waals surface area contributed by atoms with Crippen LogP contribution in [0.15, 0.2) is 23.7 Å². The number of nitrogens with zero attached hydrogens (tertiary/aromatic N) is 2. The van der Waals surface area contributed by atoms with Crippen molar-refractivity contribution < 1.29 is 14.7 Å². The molecule has 21 heavy (non-hydrogen) atoms. The Hall–Kier alpha value is -2.15. The lowest BCUT2D eigenvalue weighted by atomic mass is 10.1. The van der Waals surface area contributed by atoms with Crippen LogP contribution >= 0.6 is 11.3 Å². The van der Waals surface area contributed by atoms with Crippen molar-refractivity contribution in [2.45, 2.75) is 25.8 Å². The first kappa shape index (κ1) is 15.2. The van der Waals surface area contributed by atoms with E-state index >= 15 is 0 Å². The molecule has 0 aliphatic heterocycles. The van der Waals surface area contributed by atoms with E-state index in [9.17, 15) is 9.59 Å². The standard InChI is InChI=1S/C14H17N3O3S/c1-9(5-6-12(18)19)15-14(20)10-8-17(2)16-13(10)11-4-3-7-21-11/h3-4,7-9H,5-6H2,1-2H3,(H,15,20)(H,18,19). The SMILES string of the molecule is CC(CCC(=O)O)NC(=O)c1cn(C)nc1-c1cccs1. The van der Waals surface area contributed by atoms with E-state index in [-0.39, 0.29) is 18.4 Å². The fourth-order valence-electron chi connectivity index (χ4n) is 1.96. The van der Waals surface area contributed by atoms with Crippen LogP contribution in [0.5, 0.6) is 0 Å². The summed E-state index contributed by atoms with van der Waals surface area (Å²) >= 11 is 1.52. The Labute approximate surface area is 126 Å². The third-order valence-corrected chi connectivity index (χ3v) is 3.87. The molecule has 0 aliphatic carbocycles.